The molecule has 0 unspecified atom stereocenters. The minimum atomic E-state index is -1.06. The third-order valence-electron chi connectivity index (χ3n) is 2.49. The fourth-order valence-corrected chi connectivity index (χ4v) is 1.82. The van der Waals surface area contributed by atoms with Crippen molar-refractivity contribution in [2.45, 2.75) is 6.42 Å². The summed E-state index contributed by atoms with van der Waals surface area (Å²) in [5.74, 6) is -1.48. The van der Waals surface area contributed by atoms with Crippen LogP contribution in [0, 0.1) is 5.82 Å². The number of hydrogen-bond donors (Lipinski definition) is 1. The summed E-state index contributed by atoms with van der Waals surface area (Å²) < 4.78 is 13.1. The monoisotopic (exact) mass is 265 g/mol. The lowest BCUT2D eigenvalue weighted by Gasteiger charge is -2.06. The SMILES string of the molecule is O=C(O)c1cccnc1Cc1cc(F)ccc1Cl. The van der Waals surface area contributed by atoms with Gasteiger partial charge in [-0.2, -0.15) is 0 Å². The second kappa shape index (κ2) is 5.14. The average molecular weight is 266 g/mol. The Kier molecular flexibility index (Phi) is 3.58. The smallest absolute Gasteiger partial charge is 0.337 e. The normalized spacial score (nSPS) is 10.3. The molecule has 2 rings (SSSR count). The first-order valence-corrected chi connectivity index (χ1v) is 5.57. The highest BCUT2D eigenvalue weighted by molar-refractivity contribution is 6.31. The van der Waals surface area contributed by atoms with Gasteiger partial charge in [0, 0.05) is 17.6 Å². The molecule has 1 heterocycles. The minimum Gasteiger partial charge on any atom is -0.478 e. The van der Waals surface area contributed by atoms with Gasteiger partial charge in [-0.1, -0.05) is 11.6 Å². The molecule has 0 aliphatic carbocycles. The maximum atomic E-state index is 13.1. The number of carboxylic acids is 1. The zero-order valence-corrected chi connectivity index (χ0v) is 9.99. The summed E-state index contributed by atoms with van der Waals surface area (Å²) in [6, 6.07) is 6.97. The third-order valence-corrected chi connectivity index (χ3v) is 2.86. The first kappa shape index (κ1) is 12.5. The Hall–Kier alpha value is -1.94. The molecule has 92 valence electrons. The third kappa shape index (κ3) is 2.65. The number of aromatic carboxylic acids is 1. The van der Waals surface area contributed by atoms with E-state index in [1.54, 1.807) is 6.07 Å². The number of halogens is 2. The number of pyridine rings is 1. The first-order chi connectivity index (χ1) is 8.58. The van der Waals surface area contributed by atoms with Crippen molar-refractivity contribution in [2.75, 3.05) is 0 Å². The van der Waals surface area contributed by atoms with E-state index in [0.717, 1.165) is 0 Å². The molecule has 1 aromatic carbocycles. The van der Waals surface area contributed by atoms with Gasteiger partial charge in [0.25, 0.3) is 0 Å². The van der Waals surface area contributed by atoms with Crippen LogP contribution in [0.2, 0.25) is 5.02 Å². The number of nitrogens with zero attached hydrogens (tertiary/aromatic N) is 1. The van der Waals surface area contributed by atoms with Crippen molar-refractivity contribution in [3.05, 3.63) is 64.2 Å². The number of carboxylic acid groups (broad SMARTS) is 1. The zero-order chi connectivity index (χ0) is 13.1. The second-order valence-electron chi connectivity index (χ2n) is 3.72. The Morgan fingerprint density at radius 1 is 1.39 bits per heavy atom. The summed E-state index contributed by atoms with van der Waals surface area (Å²) in [6.07, 6.45) is 1.67. The molecule has 0 amide bonds. The Morgan fingerprint density at radius 3 is 2.89 bits per heavy atom. The number of benzene rings is 1. The van der Waals surface area contributed by atoms with Crippen LogP contribution < -0.4 is 0 Å². The van der Waals surface area contributed by atoms with Crippen LogP contribution >= 0.6 is 11.6 Å². The Balaban J connectivity index is 2.40. The van der Waals surface area contributed by atoms with Gasteiger partial charge in [0.2, 0.25) is 0 Å². The van der Waals surface area contributed by atoms with Gasteiger partial charge < -0.3 is 5.11 Å². The average Bonchev–Trinajstić information content (AvgIpc) is 2.34. The van der Waals surface area contributed by atoms with Gasteiger partial charge in [-0.25, -0.2) is 9.18 Å². The lowest BCUT2D eigenvalue weighted by Crippen LogP contribution is -2.05. The van der Waals surface area contributed by atoms with E-state index in [1.165, 1.54) is 30.5 Å². The standard InChI is InChI=1S/C13H9ClFNO2/c14-11-4-3-9(15)6-8(11)7-12-10(13(17)18)2-1-5-16-12/h1-6H,7H2,(H,17,18). The summed E-state index contributed by atoms with van der Waals surface area (Å²) >= 11 is 5.94. The molecule has 3 nitrogen and oxygen atoms in total. The van der Waals surface area contributed by atoms with E-state index < -0.39 is 11.8 Å². The van der Waals surface area contributed by atoms with E-state index in [0.29, 0.717) is 16.3 Å². The summed E-state index contributed by atoms with van der Waals surface area (Å²) in [5.41, 5.74) is 0.966. The van der Waals surface area contributed by atoms with Crippen molar-refractivity contribution in [3.8, 4) is 0 Å². The van der Waals surface area contributed by atoms with Crippen LogP contribution in [-0.4, -0.2) is 16.1 Å². The van der Waals surface area contributed by atoms with Crippen LogP contribution in [0.15, 0.2) is 36.5 Å². The van der Waals surface area contributed by atoms with E-state index in [2.05, 4.69) is 4.98 Å². The van der Waals surface area contributed by atoms with Gasteiger partial charge in [-0.15, -0.1) is 0 Å². The van der Waals surface area contributed by atoms with Gasteiger partial charge >= 0.3 is 5.97 Å². The number of rotatable bonds is 3. The molecular formula is C13H9ClFNO2. The van der Waals surface area contributed by atoms with E-state index >= 15 is 0 Å². The quantitative estimate of drug-likeness (QED) is 0.927. The molecular weight excluding hydrogens is 257 g/mol. The zero-order valence-electron chi connectivity index (χ0n) is 9.23. The fraction of sp³-hybridized carbons (Fsp3) is 0.0769. The molecule has 18 heavy (non-hydrogen) atoms. The van der Waals surface area contributed by atoms with Crippen molar-refractivity contribution in [2.24, 2.45) is 0 Å². The minimum absolute atomic E-state index is 0.0952. The van der Waals surface area contributed by atoms with Gasteiger partial charge in [0.05, 0.1) is 11.3 Å². The first-order valence-electron chi connectivity index (χ1n) is 5.19. The van der Waals surface area contributed by atoms with E-state index in [9.17, 15) is 9.18 Å². The molecule has 1 aromatic heterocycles. The summed E-state index contributed by atoms with van der Waals surface area (Å²) in [5, 5.41) is 9.41. The fourth-order valence-electron chi connectivity index (χ4n) is 1.63. The maximum Gasteiger partial charge on any atom is 0.337 e. The largest absolute Gasteiger partial charge is 0.478 e. The second-order valence-corrected chi connectivity index (χ2v) is 4.12. The molecule has 0 fully saturated rings. The maximum absolute atomic E-state index is 13.1. The number of hydrogen-bond acceptors (Lipinski definition) is 2. The van der Waals surface area contributed by atoms with Gasteiger partial charge in [-0.05, 0) is 35.9 Å². The van der Waals surface area contributed by atoms with Crippen LogP contribution in [0.5, 0.6) is 0 Å². The lowest BCUT2D eigenvalue weighted by molar-refractivity contribution is 0.0695. The topological polar surface area (TPSA) is 50.2 Å². The van der Waals surface area contributed by atoms with Gasteiger partial charge in [0.15, 0.2) is 0 Å². The molecule has 0 aliphatic rings. The predicted molar refractivity (Wildman–Crippen MR) is 65.4 cm³/mol. The Labute approximate surface area is 108 Å². The molecule has 0 atom stereocenters. The van der Waals surface area contributed by atoms with Crippen molar-refractivity contribution < 1.29 is 14.3 Å². The highest BCUT2D eigenvalue weighted by Crippen LogP contribution is 2.21. The van der Waals surface area contributed by atoms with Crippen molar-refractivity contribution in [1.29, 1.82) is 0 Å². The molecule has 5 heteroatoms. The van der Waals surface area contributed by atoms with Crippen LogP contribution in [0.25, 0.3) is 0 Å². The molecule has 2 aromatic rings. The summed E-state index contributed by atoms with van der Waals surface area (Å²) in [7, 11) is 0. The summed E-state index contributed by atoms with van der Waals surface area (Å²) in [4.78, 5) is 15.0. The Morgan fingerprint density at radius 2 is 2.17 bits per heavy atom. The number of carbonyl (C=O) groups is 1. The highest BCUT2D eigenvalue weighted by atomic mass is 35.5. The van der Waals surface area contributed by atoms with E-state index in [-0.39, 0.29) is 12.0 Å². The highest BCUT2D eigenvalue weighted by Gasteiger charge is 2.12. The van der Waals surface area contributed by atoms with Crippen LogP contribution in [0.3, 0.4) is 0 Å². The molecule has 1 N–H and O–H groups in total. The number of aromatic nitrogens is 1. The van der Waals surface area contributed by atoms with Crippen molar-refractivity contribution in [3.63, 3.8) is 0 Å². The molecule has 0 radical (unpaired) electrons. The summed E-state index contributed by atoms with van der Waals surface area (Å²) in [6.45, 7) is 0. The lowest BCUT2D eigenvalue weighted by atomic mass is 10.1. The van der Waals surface area contributed by atoms with Gasteiger partial charge in [-0.3, -0.25) is 4.98 Å². The molecule has 0 bridgehead atoms. The predicted octanol–water partition coefficient (Wildman–Crippen LogP) is 3.16. The van der Waals surface area contributed by atoms with Crippen molar-refractivity contribution >= 4 is 17.6 Å². The van der Waals surface area contributed by atoms with Crippen LogP contribution in [0.4, 0.5) is 4.39 Å². The van der Waals surface area contributed by atoms with Crippen molar-refractivity contribution in [1.82, 2.24) is 4.98 Å². The van der Waals surface area contributed by atoms with E-state index in [4.69, 9.17) is 16.7 Å². The van der Waals surface area contributed by atoms with Gasteiger partial charge in [0.1, 0.15) is 5.82 Å². The Bertz CT molecular complexity index is 601. The van der Waals surface area contributed by atoms with Crippen LogP contribution in [0.1, 0.15) is 21.6 Å². The molecule has 0 saturated carbocycles. The molecule has 0 aliphatic heterocycles. The van der Waals surface area contributed by atoms with E-state index in [1.807, 2.05) is 0 Å². The molecule has 0 spiro atoms. The molecule has 0 saturated heterocycles. The van der Waals surface area contributed by atoms with Crippen LogP contribution in [-0.2, 0) is 6.42 Å².